The zero-order valence-corrected chi connectivity index (χ0v) is 30.8. The van der Waals surface area contributed by atoms with Gasteiger partial charge in [0.2, 0.25) is 11.9 Å². The molecule has 4 aromatic rings. The van der Waals surface area contributed by atoms with Gasteiger partial charge in [-0.25, -0.2) is 4.79 Å². The van der Waals surface area contributed by atoms with Crippen LogP contribution in [0.1, 0.15) is 53.6 Å². The summed E-state index contributed by atoms with van der Waals surface area (Å²) in [5.41, 5.74) is 1.42. The fourth-order valence-corrected chi connectivity index (χ4v) is 6.06. The van der Waals surface area contributed by atoms with Crippen molar-refractivity contribution >= 4 is 52.9 Å². The molecule has 56 heavy (non-hydrogen) atoms. The third-order valence-electron chi connectivity index (χ3n) is 9.21. The van der Waals surface area contributed by atoms with Crippen LogP contribution in [0.2, 0.25) is 5.02 Å². The van der Waals surface area contributed by atoms with Gasteiger partial charge in [-0.1, -0.05) is 54.1 Å². The van der Waals surface area contributed by atoms with Gasteiger partial charge in [-0.2, -0.15) is 28.1 Å². The number of hydrogen-bond acceptors (Lipinski definition) is 11. The number of carbonyl (C=O) groups excluding carboxylic acids is 4. The van der Waals surface area contributed by atoms with Gasteiger partial charge < -0.3 is 36.1 Å². The van der Waals surface area contributed by atoms with Crippen LogP contribution in [0.4, 0.5) is 30.8 Å². The normalized spacial score (nSPS) is 15.4. The highest BCUT2D eigenvalue weighted by Gasteiger charge is 2.46. The molecule has 2 fully saturated rings. The first-order valence-corrected chi connectivity index (χ1v) is 18.0. The largest absolute Gasteiger partial charge is 0.467 e. The van der Waals surface area contributed by atoms with Crippen molar-refractivity contribution in [3.8, 4) is 6.01 Å². The van der Waals surface area contributed by atoms with Crippen LogP contribution in [0, 0.1) is 0 Å². The number of alkyl halides is 3. The minimum atomic E-state index is -4.63. The first-order chi connectivity index (χ1) is 26.7. The van der Waals surface area contributed by atoms with E-state index in [9.17, 15) is 32.3 Å². The summed E-state index contributed by atoms with van der Waals surface area (Å²) >= 11 is 6.04. The first kappa shape index (κ1) is 39.7. The Balaban J connectivity index is 1.05. The Hall–Kier alpha value is -5.97. The Bertz CT molecular complexity index is 2050. The van der Waals surface area contributed by atoms with Crippen LogP contribution in [0.25, 0.3) is 0 Å². The van der Waals surface area contributed by atoms with Crippen LogP contribution in [0.15, 0.2) is 78.9 Å². The zero-order chi connectivity index (χ0) is 39.9. The van der Waals surface area contributed by atoms with Crippen LogP contribution >= 0.6 is 11.6 Å². The lowest BCUT2D eigenvalue weighted by molar-refractivity contribution is -0.154. The quantitative estimate of drug-likeness (QED) is 0.0762. The number of hydrogen-bond donors (Lipinski definition) is 5. The lowest BCUT2D eigenvalue weighted by Gasteiger charge is -2.19. The summed E-state index contributed by atoms with van der Waals surface area (Å²) in [6.07, 6.45) is -1.18. The minimum Gasteiger partial charge on any atom is -0.467 e. The Labute approximate surface area is 324 Å². The second-order valence-electron chi connectivity index (χ2n) is 13.6. The van der Waals surface area contributed by atoms with E-state index >= 15 is 0 Å². The highest BCUT2D eigenvalue weighted by molar-refractivity contribution is 6.35. The highest BCUT2D eigenvalue weighted by Crippen LogP contribution is 2.48. The third kappa shape index (κ3) is 10.8. The third-order valence-corrected chi connectivity index (χ3v) is 9.47. The van der Waals surface area contributed by atoms with E-state index in [1.54, 1.807) is 12.1 Å². The molecule has 0 bridgehead atoms. The highest BCUT2D eigenvalue weighted by atomic mass is 35.5. The standard InChI is InChI=1S/C38H38ClF3N8O6/c1-55-32(54)28(15-20-43-30(52)31(53)49-36(16-17-36)21-23-5-3-2-4-6-23)45-29(51)24-7-13-27(14-8-24)44-33-46-34(48-35(47-33)56-22-38(40,41)42)50-37(18-19-37)25-9-11-26(39)12-10-25/h2-14,28H,15-22H2,1H3,(H,43,52)(H,45,51)(H,49,53)(H2,44,46,47,48,50)/t28-/m0/s1. The van der Waals surface area contributed by atoms with Gasteiger partial charge in [0.25, 0.3) is 5.91 Å². The minimum absolute atomic E-state index is 0.0244. The molecule has 0 spiro atoms. The van der Waals surface area contributed by atoms with Crippen molar-refractivity contribution in [2.45, 2.75) is 61.8 Å². The molecule has 1 heterocycles. The lowest BCUT2D eigenvalue weighted by Crippen LogP contribution is -2.48. The van der Waals surface area contributed by atoms with Crippen molar-refractivity contribution in [3.63, 3.8) is 0 Å². The Kier molecular flexibility index (Phi) is 11.9. The molecule has 5 N–H and O–H groups in total. The zero-order valence-electron chi connectivity index (χ0n) is 30.0. The topological polar surface area (TPSA) is 186 Å². The van der Waals surface area contributed by atoms with Gasteiger partial charge in [-0.3, -0.25) is 14.4 Å². The number of rotatable bonds is 16. The molecule has 14 nitrogen and oxygen atoms in total. The number of carbonyl (C=O) groups is 4. The number of methoxy groups -OCH3 is 1. The maximum Gasteiger partial charge on any atom is 0.422 e. The van der Waals surface area contributed by atoms with Crippen molar-refractivity contribution in [1.82, 2.24) is 30.9 Å². The van der Waals surface area contributed by atoms with Crippen LogP contribution < -0.4 is 31.3 Å². The summed E-state index contributed by atoms with van der Waals surface area (Å²) in [6, 6.07) is 20.9. The fraction of sp³-hybridized carbons (Fsp3) is 0.342. The van der Waals surface area contributed by atoms with E-state index in [4.69, 9.17) is 21.1 Å². The van der Waals surface area contributed by atoms with Gasteiger partial charge in [0.15, 0.2) is 6.61 Å². The first-order valence-electron chi connectivity index (χ1n) is 17.6. The summed E-state index contributed by atoms with van der Waals surface area (Å²) in [5.74, 6) is -3.21. The average Bonchev–Trinajstić information content (AvgIpc) is 4.12. The van der Waals surface area contributed by atoms with Crippen LogP contribution in [0.3, 0.4) is 0 Å². The smallest absolute Gasteiger partial charge is 0.422 e. The maximum atomic E-state index is 13.1. The predicted octanol–water partition coefficient (Wildman–Crippen LogP) is 4.98. The van der Waals surface area contributed by atoms with Crippen molar-refractivity contribution in [2.75, 3.05) is 30.9 Å². The molecule has 2 aliphatic rings. The molecule has 6 rings (SSSR count). The van der Waals surface area contributed by atoms with Gasteiger partial charge in [0, 0.05) is 28.4 Å². The van der Waals surface area contributed by atoms with Crippen LogP contribution in [0.5, 0.6) is 6.01 Å². The average molecular weight is 795 g/mol. The van der Waals surface area contributed by atoms with Crippen molar-refractivity contribution in [3.05, 3.63) is 101 Å². The molecule has 0 saturated heterocycles. The van der Waals surface area contributed by atoms with E-state index in [-0.39, 0.29) is 30.4 Å². The molecule has 1 atom stereocenters. The SMILES string of the molecule is COC(=O)[C@H](CCNC(=O)C(=O)NC1(Cc2ccccc2)CC1)NC(=O)c1ccc(Nc2nc(NC3(c4ccc(Cl)cc4)CC3)nc(OCC(F)(F)F)n2)cc1. The second kappa shape index (κ2) is 16.8. The molecular formula is C38H38ClF3N8O6. The van der Waals surface area contributed by atoms with Gasteiger partial charge >= 0.3 is 30.0 Å². The van der Waals surface area contributed by atoms with Crippen molar-refractivity contribution in [1.29, 1.82) is 0 Å². The van der Waals surface area contributed by atoms with E-state index in [1.807, 2.05) is 42.5 Å². The Morgan fingerprint density at radius 3 is 2.16 bits per heavy atom. The number of nitrogens with one attached hydrogen (secondary N) is 5. The summed E-state index contributed by atoms with van der Waals surface area (Å²) < 4.78 is 48.6. The van der Waals surface area contributed by atoms with E-state index in [1.165, 1.54) is 24.3 Å². The molecule has 0 radical (unpaired) electrons. The molecule has 1 aromatic heterocycles. The Morgan fingerprint density at radius 2 is 1.54 bits per heavy atom. The van der Waals surface area contributed by atoms with Gasteiger partial charge in [0.1, 0.15) is 6.04 Å². The summed E-state index contributed by atoms with van der Waals surface area (Å²) in [6.45, 7) is -1.73. The Morgan fingerprint density at radius 1 is 0.857 bits per heavy atom. The molecule has 0 unspecified atom stereocenters. The second-order valence-corrected chi connectivity index (χ2v) is 14.0. The van der Waals surface area contributed by atoms with Crippen LogP contribution in [-0.4, -0.2) is 76.7 Å². The van der Waals surface area contributed by atoms with Gasteiger partial charge in [0.05, 0.1) is 12.6 Å². The maximum absolute atomic E-state index is 13.1. The molecule has 0 aliphatic heterocycles. The monoisotopic (exact) mass is 794 g/mol. The molecular weight excluding hydrogens is 757 g/mol. The number of esters is 1. The number of ether oxygens (including phenoxy) is 2. The molecule has 18 heteroatoms. The van der Waals surface area contributed by atoms with Crippen molar-refractivity contribution in [2.24, 2.45) is 0 Å². The van der Waals surface area contributed by atoms with Gasteiger partial charge in [-0.05, 0) is 86.1 Å². The number of benzene rings is 3. The fourth-order valence-electron chi connectivity index (χ4n) is 5.93. The number of nitrogens with zero attached hydrogens (tertiary/aromatic N) is 3. The number of aromatic nitrogens is 3. The molecule has 3 aromatic carbocycles. The number of anilines is 3. The van der Waals surface area contributed by atoms with E-state index in [0.29, 0.717) is 30.0 Å². The summed E-state index contributed by atoms with van der Waals surface area (Å²) in [4.78, 5) is 63.2. The summed E-state index contributed by atoms with van der Waals surface area (Å²) in [5, 5.41) is 14.5. The predicted molar refractivity (Wildman–Crippen MR) is 198 cm³/mol. The lowest BCUT2D eigenvalue weighted by atomic mass is 10.0. The van der Waals surface area contributed by atoms with Gasteiger partial charge in [-0.15, -0.1) is 0 Å². The van der Waals surface area contributed by atoms with Crippen LogP contribution in [-0.2, 0) is 31.1 Å². The molecule has 2 saturated carbocycles. The molecule has 294 valence electrons. The molecule has 3 amide bonds. The molecule has 2 aliphatic carbocycles. The van der Waals surface area contributed by atoms with E-state index in [0.717, 1.165) is 31.1 Å². The summed E-state index contributed by atoms with van der Waals surface area (Å²) in [7, 11) is 1.15. The van der Waals surface area contributed by atoms with E-state index < -0.39 is 59.6 Å². The van der Waals surface area contributed by atoms with E-state index in [2.05, 4.69) is 41.5 Å². The van der Waals surface area contributed by atoms with Crippen molar-refractivity contribution < 1.29 is 41.8 Å². The number of halogens is 4. The number of amides is 3.